The van der Waals surface area contributed by atoms with Crippen LogP contribution in [0.5, 0.6) is 0 Å². The number of alkyl halides is 4. The molecule has 1 unspecified atom stereocenters. The van der Waals surface area contributed by atoms with E-state index in [9.17, 15) is 18.0 Å². The molecule has 3 nitrogen and oxygen atoms in total. The molecule has 0 saturated carbocycles. The van der Waals surface area contributed by atoms with Crippen LogP contribution in [0.2, 0.25) is 0 Å². The lowest BCUT2D eigenvalue weighted by atomic mass is 10.1. The highest BCUT2D eigenvalue weighted by Gasteiger charge is 2.34. The van der Waals surface area contributed by atoms with Gasteiger partial charge in [0.15, 0.2) is 0 Å². The first-order valence-electron chi connectivity index (χ1n) is 5.43. The number of carbonyl (C=O) groups is 1. The number of nitrogens with one attached hydrogen (secondary N) is 1. The van der Waals surface area contributed by atoms with E-state index in [0.29, 0.717) is 0 Å². The van der Waals surface area contributed by atoms with E-state index in [2.05, 4.69) is 5.32 Å². The van der Waals surface area contributed by atoms with Crippen LogP contribution >= 0.6 is 11.6 Å². The maximum Gasteiger partial charge on any atom is 0.417 e. The Morgan fingerprint density at radius 2 is 2.05 bits per heavy atom. The summed E-state index contributed by atoms with van der Waals surface area (Å²) >= 11 is 5.78. The average Bonchev–Trinajstić information content (AvgIpc) is 2.35. The van der Waals surface area contributed by atoms with Crippen molar-refractivity contribution in [3.8, 4) is 0 Å². The number of rotatable bonds is 5. The van der Waals surface area contributed by atoms with E-state index in [0.717, 1.165) is 12.1 Å². The zero-order valence-corrected chi connectivity index (χ0v) is 10.9. The lowest BCUT2D eigenvalue weighted by Gasteiger charge is -2.14. The van der Waals surface area contributed by atoms with Gasteiger partial charge >= 0.3 is 6.18 Å². The highest BCUT2D eigenvalue weighted by molar-refractivity contribution is 6.21. The molecule has 0 aliphatic carbocycles. The average molecular weight is 296 g/mol. The molecule has 1 aromatic carbocycles. The minimum atomic E-state index is -4.57. The van der Waals surface area contributed by atoms with E-state index in [1.165, 1.54) is 19.2 Å². The third kappa shape index (κ3) is 4.72. The Morgan fingerprint density at radius 3 is 2.63 bits per heavy atom. The Labute approximate surface area is 113 Å². The fourth-order valence-corrected chi connectivity index (χ4v) is 1.67. The molecule has 0 aliphatic rings. The topological polar surface area (TPSA) is 38.3 Å². The van der Waals surface area contributed by atoms with Crippen LogP contribution in [0.4, 0.5) is 13.2 Å². The molecule has 0 aromatic heterocycles. The second-order valence-corrected chi connectivity index (χ2v) is 4.42. The molecule has 1 N–H and O–H groups in total. The molecule has 19 heavy (non-hydrogen) atoms. The van der Waals surface area contributed by atoms with Crippen LogP contribution in [0.3, 0.4) is 0 Å². The fourth-order valence-electron chi connectivity index (χ4n) is 1.47. The molecule has 1 aromatic rings. The van der Waals surface area contributed by atoms with Crippen molar-refractivity contribution >= 4 is 17.5 Å². The van der Waals surface area contributed by atoms with Gasteiger partial charge in [0.2, 0.25) is 0 Å². The molecule has 7 heteroatoms. The summed E-state index contributed by atoms with van der Waals surface area (Å²) in [6, 6.07) is 4.59. The summed E-state index contributed by atoms with van der Waals surface area (Å²) in [6.07, 6.45) is -4.57. The largest absolute Gasteiger partial charge is 0.417 e. The Balaban J connectivity index is 2.78. The Hall–Kier alpha value is -1.27. The lowest BCUT2D eigenvalue weighted by molar-refractivity contribution is -0.137. The minimum Gasteiger partial charge on any atom is -0.383 e. The number of hydrogen-bond acceptors (Lipinski definition) is 2. The van der Waals surface area contributed by atoms with Crippen molar-refractivity contribution in [2.24, 2.45) is 0 Å². The summed E-state index contributed by atoms with van der Waals surface area (Å²) in [5, 5.41) is 1.85. The van der Waals surface area contributed by atoms with Gasteiger partial charge in [0, 0.05) is 13.7 Å². The van der Waals surface area contributed by atoms with Crippen molar-refractivity contribution in [3.63, 3.8) is 0 Å². The summed E-state index contributed by atoms with van der Waals surface area (Å²) in [4.78, 5) is 11.7. The molecule has 0 radical (unpaired) electrons. The Bertz CT molecular complexity index is 437. The summed E-state index contributed by atoms with van der Waals surface area (Å²) < 4.78 is 42.9. The van der Waals surface area contributed by atoms with Crippen LogP contribution < -0.4 is 5.32 Å². The van der Waals surface area contributed by atoms with E-state index in [1.54, 1.807) is 0 Å². The molecule has 0 heterocycles. The van der Waals surface area contributed by atoms with Crippen molar-refractivity contribution in [1.82, 2.24) is 5.32 Å². The van der Waals surface area contributed by atoms with Crippen molar-refractivity contribution in [2.45, 2.75) is 11.6 Å². The van der Waals surface area contributed by atoms with E-state index in [-0.39, 0.29) is 13.2 Å². The van der Waals surface area contributed by atoms with Crippen molar-refractivity contribution < 1.29 is 22.7 Å². The predicted molar refractivity (Wildman–Crippen MR) is 65.3 cm³/mol. The zero-order chi connectivity index (χ0) is 14.5. The van der Waals surface area contributed by atoms with Gasteiger partial charge in [-0.05, 0) is 12.1 Å². The van der Waals surface area contributed by atoms with E-state index in [1.807, 2.05) is 0 Å². The maximum absolute atomic E-state index is 12.7. The lowest BCUT2D eigenvalue weighted by Crippen LogP contribution is -2.32. The summed E-state index contributed by atoms with van der Waals surface area (Å²) in [5.74, 6) is -0.810. The molecule has 0 bridgehead atoms. The predicted octanol–water partition coefficient (Wildman–Crippen LogP) is 2.69. The van der Waals surface area contributed by atoms with Crippen molar-refractivity contribution in [1.29, 1.82) is 0 Å². The number of carbonyl (C=O) groups excluding carboxylic acids is 1. The molecular weight excluding hydrogens is 283 g/mol. The SMILES string of the molecule is COCC(Cl)CNC(=O)c1ccccc1C(F)(F)F. The van der Waals surface area contributed by atoms with Gasteiger partial charge in [-0.3, -0.25) is 4.79 Å². The maximum atomic E-state index is 12.7. The number of benzene rings is 1. The number of methoxy groups -OCH3 is 1. The monoisotopic (exact) mass is 295 g/mol. The molecule has 1 rings (SSSR count). The third-order valence-electron chi connectivity index (χ3n) is 2.31. The van der Waals surface area contributed by atoms with Crippen LogP contribution in [-0.2, 0) is 10.9 Å². The normalized spacial score (nSPS) is 13.1. The van der Waals surface area contributed by atoms with E-state index < -0.39 is 28.6 Å². The smallest absolute Gasteiger partial charge is 0.383 e. The summed E-state index contributed by atoms with van der Waals surface area (Å²) in [7, 11) is 1.44. The number of halogens is 4. The van der Waals surface area contributed by atoms with Crippen LogP contribution in [-0.4, -0.2) is 31.5 Å². The Kier molecular flexibility index (Phi) is 5.62. The molecule has 0 aliphatic heterocycles. The second kappa shape index (κ2) is 6.77. The van der Waals surface area contributed by atoms with Gasteiger partial charge in [-0.1, -0.05) is 12.1 Å². The molecule has 0 saturated heterocycles. The molecule has 0 spiro atoms. The fraction of sp³-hybridized carbons (Fsp3) is 0.417. The van der Waals surface area contributed by atoms with Gasteiger partial charge in [0.25, 0.3) is 5.91 Å². The first-order chi connectivity index (χ1) is 8.86. The van der Waals surface area contributed by atoms with Gasteiger partial charge in [0.1, 0.15) is 0 Å². The highest BCUT2D eigenvalue weighted by Crippen LogP contribution is 2.31. The number of ether oxygens (including phenoxy) is 1. The van der Waals surface area contributed by atoms with E-state index >= 15 is 0 Å². The van der Waals surface area contributed by atoms with Crippen molar-refractivity contribution in [2.75, 3.05) is 20.3 Å². The summed E-state index contributed by atoms with van der Waals surface area (Å²) in [5.41, 5.74) is -1.39. The van der Waals surface area contributed by atoms with Crippen LogP contribution in [0.1, 0.15) is 15.9 Å². The molecule has 0 fully saturated rings. The van der Waals surface area contributed by atoms with Crippen molar-refractivity contribution in [3.05, 3.63) is 35.4 Å². The second-order valence-electron chi connectivity index (χ2n) is 3.81. The van der Waals surface area contributed by atoms with Gasteiger partial charge in [-0.25, -0.2) is 0 Å². The first kappa shape index (κ1) is 15.8. The van der Waals surface area contributed by atoms with Gasteiger partial charge in [-0.15, -0.1) is 11.6 Å². The minimum absolute atomic E-state index is 0.0282. The standard InChI is InChI=1S/C12H13ClF3NO2/c1-19-7-8(13)6-17-11(18)9-4-2-3-5-10(9)12(14,15)16/h2-5,8H,6-7H2,1H3,(H,17,18). The first-order valence-corrected chi connectivity index (χ1v) is 5.87. The van der Waals surface area contributed by atoms with Crippen LogP contribution in [0.15, 0.2) is 24.3 Å². The molecule has 106 valence electrons. The van der Waals surface area contributed by atoms with Gasteiger partial charge in [-0.2, -0.15) is 13.2 Å². The molecule has 1 amide bonds. The third-order valence-corrected chi connectivity index (χ3v) is 2.59. The van der Waals surface area contributed by atoms with Gasteiger partial charge in [0.05, 0.1) is 23.1 Å². The molecular formula is C12H13ClF3NO2. The molecule has 1 atom stereocenters. The highest BCUT2D eigenvalue weighted by atomic mass is 35.5. The quantitative estimate of drug-likeness (QED) is 0.848. The summed E-state index contributed by atoms with van der Waals surface area (Å²) in [6.45, 7) is 0.225. The van der Waals surface area contributed by atoms with Gasteiger partial charge < -0.3 is 10.1 Å². The van der Waals surface area contributed by atoms with Crippen LogP contribution in [0.25, 0.3) is 0 Å². The zero-order valence-electron chi connectivity index (χ0n) is 10.1. The number of hydrogen-bond donors (Lipinski definition) is 1. The van der Waals surface area contributed by atoms with E-state index in [4.69, 9.17) is 16.3 Å². The van der Waals surface area contributed by atoms with Crippen LogP contribution in [0, 0.1) is 0 Å². The number of amides is 1. The Morgan fingerprint density at radius 1 is 1.42 bits per heavy atom.